The Balaban J connectivity index is 2.55. The molecule has 2 N–H and O–H groups in total. The van der Waals surface area contributed by atoms with Crippen molar-refractivity contribution in [3.8, 4) is 5.75 Å². The molecule has 0 unspecified atom stereocenters. The van der Waals surface area contributed by atoms with Crippen LogP contribution in [0.15, 0.2) is 21.1 Å². The molecule has 1 aromatic carbocycles. The number of methoxy groups -OCH3 is 1. The van der Waals surface area contributed by atoms with Crippen molar-refractivity contribution in [1.82, 2.24) is 10.0 Å². The number of ether oxygens (including phenoxy) is 1. The Morgan fingerprint density at radius 3 is 2.32 bits per heavy atom. The van der Waals surface area contributed by atoms with Gasteiger partial charge in [-0.3, -0.25) is 0 Å². The third-order valence-corrected chi connectivity index (χ3v) is 4.99. The highest BCUT2D eigenvalue weighted by Gasteiger charge is 2.08. The summed E-state index contributed by atoms with van der Waals surface area (Å²) in [6.07, 6.45) is 0. The summed E-state index contributed by atoms with van der Waals surface area (Å²) in [6.45, 7) is 0.977. The van der Waals surface area contributed by atoms with Crippen LogP contribution in [0.1, 0.15) is 5.56 Å². The van der Waals surface area contributed by atoms with Gasteiger partial charge < -0.3 is 10.1 Å². The van der Waals surface area contributed by atoms with Crippen LogP contribution in [0.2, 0.25) is 0 Å². The lowest BCUT2D eigenvalue weighted by atomic mass is 10.2. The van der Waals surface area contributed by atoms with Crippen molar-refractivity contribution in [3.63, 3.8) is 0 Å². The van der Waals surface area contributed by atoms with Crippen molar-refractivity contribution in [2.45, 2.75) is 6.54 Å². The van der Waals surface area contributed by atoms with Gasteiger partial charge in [0.1, 0.15) is 5.75 Å². The summed E-state index contributed by atoms with van der Waals surface area (Å²) in [4.78, 5) is 0. The first kappa shape index (κ1) is 16.9. The zero-order valence-corrected chi connectivity index (χ0v) is 14.7. The molecular formula is C11H16Br2N2O3S. The van der Waals surface area contributed by atoms with E-state index in [2.05, 4.69) is 41.9 Å². The molecular weight excluding hydrogens is 400 g/mol. The van der Waals surface area contributed by atoms with Gasteiger partial charge in [-0.15, -0.1) is 0 Å². The average Bonchev–Trinajstić information content (AvgIpc) is 2.34. The monoisotopic (exact) mass is 414 g/mol. The first-order chi connectivity index (χ1) is 8.89. The SMILES string of the molecule is CNS(=O)(=O)CCNCc1cc(Br)c(OC)c(Br)c1. The number of halogens is 2. The fourth-order valence-corrected chi connectivity index (χ4v) is 3.67. The van der Waals surface area contributed by atoms with E-state index in [4.69, 9.17) is 4.74 Å². The smallest absolute Gasteiger partial charge is 0.212 e. The van der Waals surface area contributed by atoms with Gasteiger partial charge in [0.2, 0.25) is 10.0 Å². The van der Waals surface area contributed by atoms with Crippen molar-refractivity contribution >= 4 is 41.9 Å². The van der Waals surface area contributed by atoms with Gasteiger partial charge in [-0.05, 0) is 56.6 Å². The predicted molar refractivity (Wildman–Crippen MR) is 82.9 cm³/mol. The number of sulfonamides is 1. The van der Waals surface area contributed by atoms with Gasteiger partial charge >= 0.3 is 0 Å². The molecule has 0 aliphatic heterocycles. The van der Waals surface area contributed by atoms with Crippen LogP contribution >= 0.6 is 31.9 Å². The van der Waals surface area contributed by atoms with E-state index in [9.17, 15) is 8.42 Å². The highest BCUT2D eigenvalue weighted by Crippen LogP contribution is 2.34. The number of rotatable bonds is 7. The van der Waals surface area contributed by atoms with E-state index in [1.54, 1.807) is 7.11 Å². The van der Waals surface area contributed by atoms with Crippen LogP contribution in [0.25, 0.3) is 0 Å². The molecule has 0 amide bonds. The highest BCUT2D eigenvalue weighted by molar-refractivity contribution is 9.11. The lowest BCUT2D eigenvalue weighted by Gasteiger charge is -2.10. The minimum Gasteiger partial charge on any atom is -0.494 e. The average molecular weight is 416 g/mol. The third kappa shape index (κ3) is 5.39. The normalized spacial score (nSPS) is 11.6. The van der Waals surface area contributed by atoms with E-state index >= 15 is 0 Å². The van der Waals surface area contributed by atoms with Gasteiger partial charge in [-0.2, -0.15) is 0 Å². The van der Waals surface area contributed by atoms with Crippen molar-refractivity contribution < 1.29 is 13.2 Å². The molecule has 0 saturated heterocycles. The van der Waals surface area contributed by atoms with E-state index in [1.165, 1.54) is 7.05 Å². The largest absolute Gasteiger partial charge is 0.494 e. The second kappa shape index (κ2) is 7.58. The Kier molecular flexibility index (Phi) is 6.75. The fraction of sp³-hybridized carbons (Fsp3) is 0.455. The van der Waals surface area contributed by atoms with E-state index in [0.717, 1.165) is 20.3 Å². The van der Waals surface area contributed by atoms with E-state index in [1.807, 2.05) is 12.1 Å². The van der Waals surface area contributed by atoms with Crippen LogP contribution in [0.4, 0.5) is 0 Å². The molecule has 108 valence electrons. The zero-order valence-electron chi connectivity index (χ0n) is 10.7. The minimum atomic E-state index is -3.15. The summed E-state index contributed by atoms with van der Waals surface area (Å²) >= 11 is 6.84. The molecule has 0 heterocycles. The van der Waals surface area contributed by atoms with E-state index < -0.39 is 10.0 Å². The number of hydrogen-bond acceptors (Lipinski definition) is 4. The summed E-state index contributed by atoms with van der Waals surface area (Å²) in [7, 11) is -0.140. The highest BCUT2D eigenvalue weighted by atomic mass is 79.9. The maximum Gasteiger partial charge on any atom is 0.212 e. The molecule has 0 saturated carbocycles. The Hall–Kier alpha value is -0.150. The van der Waals surface area contributed by atoms with Crippen molar-refractivity contribution in [2.75, 3.05) is 26.5 Å². The summed E-state index contributed by atoms with van der Waals surface area (Å²) < 4.78 is 31.6. The van der Waals surface area contributed by atoms with Crippen LogP contribution in [-0.4, -0.2) is 34.9 Å². The van der Waals surface area contributed by atoms with Crippen LogP contribution in [-0.2, 0) is 16.6 Å². The molecule has 0 fully saturated rings. The van der Waals surface area contributed by atoms with Gasteiger partial charge in [0.05, 0.1) is 21.8 Å². The number of benzene rings is 1. The molecule has 5 nitrogen and oxygen atoms in total. The summed E-state index contributed by atoms with van der Waals surface area (Å²) in [5, 5.41) is 3.08. The van der Waals surface area contributed by atoms with E-state index in [0.29, 0.717) is 13.1 Å². The molecule has 0 radical (unpaired) electrons. The van der Waals surface area contributed by atoms with Gasteiger partial charge in [-0.1, -0.05) is 0 Å². The van der Waals surface area contributed by atoms with E-state index in [-0.39, 0.29) is 5.75 Å². The molecule has 0 atom stereocenters. The first-order valence-corrected chi connectivity index (χ1v) is 8.77. The van der Waals surface area contributed by atoms with Crippen LogP contribution in [0.5, 0.6) is 5.75 Å². The van der Waals surface area contributed by atoms with Gasteiger partial charge in [0, 0.05) is 13.1 Å². The minimum absolute atomic E-state index is 0.0575. The molecule has 0 aliphatic carbocycles. The molecule has 0 aliphatic rings. The first-order valence-electron chi connectivity index (χ1n) is 5.53. The second-order valence-corrected chi connectivity index (χ2v) is 7.55. The predicted octanol–water partition coefficient (Wildman–Crippen LogP) is 1.86. The van der Waals surface area contributed by atoms with Crippen molar-refractivity contribution in [1.29, 1.82) is 0 Å². The Morgan fingerprint density at radius 1 is 1.26 bits per heavy atom. The number of hydrogen-bond donors (Lipinski definition) is 2. The molecule has 0 bridgehead atoms. The molecule has 0 spiro atoms. The lowest BCUT2D eigenvalue weighted by Crippen LogP contribution is -2.29. The molecule has 0 aromatic heterocycles. The Bertz CT molecular complexity index is 512. The van der Waals surface area contributed by atoms with Crippen molar-refractivity contribution in [2.24, 2.45) is 0 Å². The fourth-order valence-electron chi connectivity index (χ4n) is 1.45. The molecule has 1 rings (SSSR count). The van der Waals surface area contributed by atoms with Crippen LogP contribution in [0, 0.1) is 0 Å². The summed E-state index contributed by atoms with van der Waals surface area (Å²) in [5.41, 5.74) is 1.03. The Morgan fingerprint density at radius 2 is 1.84 bits per heavy atom. The Labute approximate surface area is 130 Å². The molecule has 8 heteroatoms. The standard InChI is InChI=1S/C11H16Br2N2O3S/c1-14-19(16,17)4-3-15-7-8-5-9(12)11(18-2)10(13)6-8/h5-6,14-15H,3-4,7H2,1-2H3. The summed E-state index contributed by atoms with van der Waals surface area (Å²) in [5.74, 6) is 0.795. The zero-order chi connectivity index (χ0) is 14.5. The molecule has 19 heavy (non-hydrogen) atoms. The van der Waals surface area contributed by atoms with Crippen LogP contribution < -0.4 is 14.8 Å². The van der Waals surface area contributed by atoms with Crippen LogP contribution in [0.3, 0.4) is 0 Å². The van der Waals surface area contributed by atoms with Gasteiger partial charge in [-0.25, -0.2) is 13.1 Å². The van der Waals surface area contributed by atoms with Gasteiger partial charge in [0.15, 0.2) is 0 Å². The second-order valence-electron chi connectivity index (χ2n) is 3.79. The molecule has 1 aromatic rings. The topological polar surface area (TPSA) is 67.4 Å². The van der Waals surface area contributed by atoms with Crippen molar-refractivity contribution in [3.05, 3.63) is 26.6 Å². The maximum absolute atomic E-state index is 11.2. The maximum atomic E-state index is 11.2. The quantitative estimate of drug-likeness (QED) is 0.667. The summed E-state index contributed by atoms with van der Waals surface area (Å²) in [6, 6.07) is 3.87. The lowest BCUT2D eigenvalue weighted by molar-refractivity contribution is 0.409. The third-order valence-electron chi connectivity index (χ3n) is 2.45. The number of nitrogens with one attached hydrogen (secondary N) is 2. The van der Waals surface area contributed by atoms with Gasteiger partial charge in [0.25, 0.3) is 0 Å².